The first-order valence-corrected chi connectivity index (χ1v) is 18.8. The molecule has 7 atom stereocenters. The fraction of sp³-hybridized carbons (Fsp3) is 0.714. The number of morpholine rings is 1. The molecule has 0 amide bonds. The highest BCUT2D eigenvalue weighted by atomic mass is 16.5. The number of aliphatic carboxylic acids is 1. The minimum Gasteiger partial charge on any atom is -0.481 e. The first kappa shape index (κ1) is 34.6. The van der Waals surface area contributed by atoms with Gasteiger partial charge in [-0.3, -0.25) is 9.89 Å². The molecule has 0 spiro atoms. The first-order valence-electron chi connectivity index (χ1n) is 18.8. The number of fused-ring (bicyclic) bond motifs is 8. The maximum Gasteiger partial charge on any atom is 0.310 e. The molecule has 7 heteroatoms. The van der Waals surface area contributed by atoms with E-state index in [-0.39, 0.29) is 40.4 Å². The minimum atomic E-state index is -0.680. The third-order valence-electron chi connectivity index (χ3n) is 16.0. The van der Waals surface area contributed by atoms with Gasteiger partial charge < -0.3 is 20.5 Å². The molecule has 5 aliphatic carbocycles. The Morgan fingerprint density at radius 3 is 2.31 bits per heavy atom. The van der Waals surface area contributed by atoms with Crippen molar-refractivity contribution in [3.8, 4) is 0 Å². The molecule has 4 N–H and O–H groups in total. The summed E-state index contributed by atoms with van der Waals surface area (Å²) < 4.78 is 5.65. The van der Waals surface area contributed by atoms with Gasteiger partial charge in [0.15, 0.2) is 0 Å². The van der Waals surface area contributed by atoms with Gasteiger partial charge in [0.05, 0.1) is 18.6 Å². The number of nitrogens with one attached hydrogen (secondary N) is 1. The summed E-state index contributed by atoms with van der Waals surface area (Å²) in [5, 5.41) is 19.0. The van der Waals surface area contributed by atoms with E-state index in [0.29, 0.717) is 17.7 Å². The fourth-order valence-electron chi connectivity index (χ4n) is 13.2. The molecule has 1 aliphatic heterocycles. The predicted molar refractivity (Wildman–Crippen MR) is 198 cm³/mol. The number of hydrogen-bond donors (Lipinski definition) is 3. The van der Waals surface area contributed by atoms with Crippen LogP contribution >= 0.6 is 0 Å². The number of anilines is 2. The van der Waals surface area contributed by atoms with Gasteiger partial charge in [0.2, 0.25) is 0 Å². The Morgan fingerprint density at radius 2 is 1.63 bits per heavy atom. The van der Waals surface area contributed by atoms with E-state index in [1.807, 2.05) is 0 Å². The summed E-state index contributed by atoms with van der Waals surface area (Å²) in [6.07, 6.45) is 8.69. The molecule has 6 aliphatic rings. The Kier molecular flexibility index (Phi) is 7.85. The second-order valence-electron chi connectivity index (χ2n) is 18.9. The molecule has 1 aromatic carbocycles. The average molecular weight is 671 g/mol. The van der Waals surface area contributed by atoms with Crippen molar-refractivity contribution in [3.05, 3.63) is 46.7 Å². The number of nitrogens with zero attached hydrogens (tertiary/aromatic N) is 2. The van der Waals surface area contributed by atoms with Crippen LogP contribution in [-0.2, 0) is 21.4 Å². The smallest absolute Gasteiger partial charge is 0.310 e. The van der Waals surface area contributed by atoms with Crippen LogP contribution in [0.3, 0.4) is 0 Å². The largest absolute Gasteiger partial charge is 0.481 e. The van der Waals surface area contributed by atoms with Crippen LogP contribution in [0.4, 0.5) is 11.5 Å². The summed E-state index contributed by atoms with van der Waals surface area (Å²) >= 11 is 0. The number of hydrogen-bond acceptors (Lipinski definition) is 5. The molecule has 2 heterocycles. The van der Waals surface area contributed by atoms with Crippen LogP contribution in [0.2, 0.25) is 0 Å². The van der Waals surface area contributed by atoms with Gasteiger partial charge in [0.25, 0.3) is 0 Å². The normalized spacial score (nSPS) is 39.0. The molecular weight excluding hydrogens is 608 g/mol. The Bertz CT molecular complexity index is 1670. The van der Waals surface area contributed by atoms with Gasteiger partial charge in [-0.25, -0.2) is 0 Å². The molecule has 0 bridgehead atoms. The molecule has 268 valence electrons. The van der Waals surface area contributed by atoms with Crippen molar-refractivity contribution in [2.75, 3.05) is 36.9 Å². The van der Waals surface area contributed by atoms with Gasteiger partial charge in [-0.15, -0.1) is 0 Å². The zero-order chi connectivity index (χ0) is 34.1. The highest BCUT2D eigenvalue weighted by Gasteiger charge is 2.70. The van der Waals surface area contributed by atoms with Crippen molar-refractivity contribution < 1.29 is 14.6 Å². The number of rotatable bonds is 3. The summed E-state index contributed by atoms with van der Waals surface area (Å²) in [7, 11) is 0. The van der Waals surface area contributed by atoms with Gasteiger partial charge in [-0.2, -0.15) is 5.10 Å². The van der Waals surface area contributed by atoms with Crippen molar-refractivity contribution in [2.24, 2.45) is 44.8 Å². The second-order valence-corrected chi connectivity index (χ2v) is 18.9. The lowest BCUT2D eigenvalue weighted by Gasteiger charge is -2.71. The molecule has 1 aromatic heterocycles. The van der Waals surface area contributed by atoms with E-state index >= 15 is 0 Å². The van der Waals surface area contributed by atoms with Gasteiger partial charge in [-0.1, -0.05) is 73.6 Å². The van der Waals surface area contributed by atoms with Crippen LogP contribution in [0, 0.1) is 44.8 Å². The van der Waals surface area contributed by atoms with Gasteiger partial charge in [0, 0.05) is 35.4 Å². The summed E-state index contributed by atoms with van der Waals surface area (Å²) in [6.45, 7) is 20.7. The van der Waals surface area contributed by atoms with E-state index in [0.717, 1.165) is 71.2 Å². The lowest BCUT2D eigenvalue weighted by Crippen LogP contribution is -2.65. The monoisotopic (exact) mass is 670 g/mol. The Hall–Kier alpha value is -2.80. The SMILES string of the molecule is C.CC1(C)CC[C@]2(C(=O)O)CC[C@]3(C)C(=C(c4ccc(N5CCOCC5)cc4)CC4[C@@]5(C)Cc6c(N)n[nH]c6C(C)(C)C5CC[C@]43C)C2C1. The van der Waals surface area contributed by atoms with Crippen LogP contribution in [0.15, 0.2) is 29.8 Å². The van der Waals surface area contributed by atoms with Crippen molar-refractivity contribution in [1.29, 1.82) is 0 Å². The molecule has 4 fully saturated rings. The van der Waals surface area contributed by atoms with E-state index in [9.17, 15) is 9.90 Å². The summed E-state index contributed by atoms with van der Waals surface area (Å²) in [6, 6.07) is 9.34. The lowest BCUT2D eigenvalue weighted by molar-refractivity contribution is -0.175. The van der Waals surface area contributed by atoms with E-state index in [4.69, 9.17) is 10.5 Å². The zero-order valence-electron chi connectivity index (χ0n) is 30.5. The predicted octanol–water partition coefficient (Wildman–Crippen LogP) is 8.89. The second kappa shape index (κ2) is 11.1. The summed E-state index contributed by atoms with van der Waals surface area (Å²) in [5.41, 5.74) is 13.9. The molecule has 1 saturated heterocycles. The van der Waals surface area contributed by atoms with Crippen LogP contribution < -0.4 is 10.6 Å². The van der Waals surface area contributed by atoms with Gasteiger partial charge in [0.1, 0.15) is 5.82 Å². The van der Waals surface area contributed by atoms with Gasteiger partial charge >= 0.3 is 5.97 Å². The Labute approximate surface area is 294 Å². The summed E-state index contributed by atoms with van der Waals surface area (Å²) in [5.74, 6) is 1.08. The quantitative estimate of drug-likeness (QED) is 0.301. The molecule has 8 rings (SSSR count). The van der Waals surface area contributed by atoms with Crippen LogP contribution in [0.1, 0.15) is 124 Å². The number of H-pyrrole nitrogens is 1. The maximum absolute atomic E-state index is 13.5. The van der Waals surface area contributed by atoms with Crippen molar-refractivity contribution in [3.63, 3.8) is 0 Å². The van der Waals surface area contributed by atoms with Crippen molar-refractivity contribution >= 4 is 23.0 Å². The molecule has 0 radical (unpaired) electrons. The average Bonchev–Trinajstić information content (AvgIpc) is 3.41. The van der Waals surface area contributed by atoms with E-state index in [2.05, 4.69) is 87.8 Å². The fourth-order valence-corrected chi connectivity index (χ4v) is 13.2. The van der Waals surface area contributed by atoms with E-state index in [1.165, 1.54) is 46.5 Å². The highest BCUT2D eigenvalue weighted by Crippen LogP contribution is 2.77. The number of nitrogens with two attached hydrogens (primary N) is 1. The van der Waals surface area contributed by atoms with E-state index in [1.54, 1.807) is 0 Å². The van der Waals surface area contributed by atoms with Crippen LogP contribution in [-0.4, -0.2) is 47.6 Å². The number of nitrogen functional groups attached to an aromatic ring is 1. The van der Waals surface area contributed by atoms with E-state index < -0.39 is 11.4 Å². The van der Waals surface area contributed by atoms with Gasteiger partial charge in [-0.05, 0) is 120 Å². The molecule has 49 heavy (non-hydrogen) atoms. The highest BCUT2D eigenvalue weighted by molar-refractivity contribution is 5.80. The first-order chi connectivity index (χ1) is 22.6. The number of aromatic amines is 1. The summed E-state index contributed by atoms with van der Waals surface area (Å²) in [4.78, 5) is 15.9. The number of allylic oxidation sites excluding steroid dienone is 2. The number of benzene rings is 1. The zero-order valence-corrected chi connectivity index (χ0v) is 30.5. The van der Waals surface area contributed by atoms with Crippen LogP contribution in [0.5, 0.6) is 0 Å². The minimum absolute atomic E-state index is 0. The number of aromatic nitrogens is 2. The van der Waals surface area contributed by atoms with Crippen molar-refractivity contribution in [2.45, 2.75) is 119 Å². The topological polar surface area (TPSA) is 104 Å². The lowest BCUT2D eigenvalue weighted by atomic mass is 9.33. The molecule has 7 nitrogen and oxygen atoms in total. The molecule has 2 aromatic rings. The number of carboxylic acids is 1. The number of ether oxygens (including phenoxy) is 1. The number of carboxylic acid groups (broad SMARTS) is 1. The Morgan fingerprint density at radius 1 is 0.959 bits per heavy atom. The maximum atomic E-state index is 13.5. The molecule has 3 saturated carbocycles. The third kappa shape index (κ3) is 4.61. The number of carbonyl (C=O) groups is 1. The molecule has 3 unspecified atom stereocenters. The Balaban J connectivity index is 0.00000378. The van der Waals surface area contributed by atoms with Crippen molar-refractivity contribution in [1.82, 2.24) is 10.2 Å². The third-order valence-corrected chi connectivity index (χ3v) is 16.0. The standard InChI is InChI=1S/C41H58N4O3.CH4/c1-36(2)14-16-41(35(46)47)17-15-40(7)32(29(41)24-36)27(25-8-10-26(11-9-25)45-18-20-48-21-19-45)22-31-38(5)23-28-33(43-44-34(28)42)37(3,4)30(38)12-13-39(31,40)6;/h8-11,29-31H,12-24H2,1-7H3,(H,46,47)(H3,42,43,44);1H4/t29?,30?,31?,38-,39+,40+,41-;/m0./s1. The van der Waals surface area contributed by atoms with Crippen LogP contribution in [0.25, 0.3) is 5.57 Å². The molecular formula is C42H62N4O3.